The van der Waals surface area contributed by atoms with Crippen LogP contribution in [0.2, 0.25) is 0 Å². The molecule has 21 heavy (non-hydrogen) atoms. The third-order valence-electron chi connectivity index (χ3n) is 2.36. The zero-order chi connectivity index (χ0) is 15.4. The van der Waals surface area contributed by atoms with Gasteiger partial charge in [-0.2, -0.15) is 0 Å². The van der Waals surface area contributed by atoms with E-state index in [-0.39, 0.29) is 17.1 Å². The van der Waals surface area contributed by atoms with Crippen molar-refractivity contribution in [2.24, 2.45) is 0 Å². The molecule has 10 heteroatoms. The van der Waals surface area contributed by atoms with Gasteiger partial charge in [-0.15, -0.1) is 5.10 Å². The van der Waals surface area contributed by atoms with Gasteiger partial charge in [0.2, 0.25) is 5.69 Å². The molecule has 0 unspecified atom stereocenters. The van der Waals surface area contributed by atoms with Crippen LogP contribution >= 0.6 is 11.5 Å². The first-order valence-corrected chi connectivity index (χ1v) is 6.29. The van der Waals surface area contributed by atoms with Gasteiger partial charge in [0, 0.05) is 23.6 Å². The summed E-state index contributed by atoms with van der Waals surface area (Å²) >= 11 is 0.686. The number of nitrogens with one attached hydrogen (secondary N) is 2. The SMILES string of the molecule is O=C(NCc1cc(F)ccc1F)Nc1snnc1C(=O)O. The zero-order valence-corrected chi connectivity index (χ0v) is 11.1. The van der Waals surface area contributed by atoms with Gasteiger partial charge in [-0.3, -0.25) is 5.32 Å². The van der Waals surface area contributed by atoms with Gasteiger partial charge in [0.1, 0.15) is 11.6 Å². The van der Waals surface area contributed by atoms with Gasteiger partial charge in [0.15, 0.2) is 5.00 Å². The van der Waals surface area contributed by atoms with E-state index >= 15 is 0 Å². The molecule has 0 aliphatic carbocycles. The Bertz CT molecular complexity index is 692. The van der Waals surface area contributed by atoms with Crippen LogP contribution in [0.15, 0.2) is 18.2 Å². The minimum Gasteiger partial charge on any atom is -0.476 e. The summed E-state index contributed by atoms with van der Waals surface area (Å²) in [5.41, 5.74) is -0.432. The summed E-state index contributed by atoms with van der Waals surface area (Å²) in [4.78, 5) is 22.3. The number of amides is 2. The predicted molar refractivity (Wildman–Crippen MR) is 69.1 cm³/mol. The van der Waals surface area contributed by atoms with E-state index in [0.29, 0.717) is 11.5 Å². The van der Waals surface area contributed by atoms with Crippen LogP contribution in [0.4, 0.5) is 18.6 Å². The number of rotatable bonds is 4. The van der Waals surface area contributed by atoms with E-state index in [9.17, 15) is 18.4 Å². The van der Waals surface area contributed by atoms with Crippen molar-refractivity contribution >= 4 is 28.5 Å². The molecular formula is C11H8F2N4O3S. The standard InChI is InChI=1S/C11H8F2N4O3S/c12-6-1-2-7(13)5(3-6)4-14-11(20)15-9-8(10(18)19)16-17-21-9/h1-3H,4H2,(H,18,19)(H2,14,15,20). The molecule has 0 bridgehead atoms. The third kappa shape index (κ3) is 3.69. The van der Waals surface area contributed by atoms with Gasteiger partial charge in [0.25, 0.3) is 0 Å². The normalized spacial score (nSPS) is 10.2. The van der Waals surface area contributed by atoms with E-state index in [4.69, 9.17) is 5.11 Å². The van der Waals surface area contributed by atoms with Gasteiger partial charge in [-0.1, -0.05) is 4.49 Å². The van der Waals surface area contributed by atoms with Gasteiger partial charge >= 0.3 is 12.0 Å². The minimum absolute atomic E-state index is 0.0361. The highest BCUT2D eigenvalue weighted by Gasteiger charge is 2.17. The highest BCUT2D eigenvalue weighted by Crippen LogP contribution is 2.17. The monoisotopic (exact) mass is 314 g/mol. The average molecular weight is 314 g/mol. The summed E-state index contributed by atoms with van der Waals surface area (Å²) in [6.07, 6.45) is 0. The van der Waals surface area contributed by atoms with Crippen molar-refractivity contribution in [3.8, 4) is 0 Å². The topological polar surface area (TPSA) is 104 Å². The summed E-state index contributed by atoms with van der Waals surface area (Å²) in [5.74, 6) is -2.63. The first-order valence-electron chi connectivity index (χ1n) is 5.52. The number of nitrogens with zero attached hydrogens (tertiary/aromatic N) is 2. The fourth-order valence-corrected chi connectivity index (χ4v) is 1.97. The second-order valence-corrected chi connectivity index (χ2v) is 4.55. The van der Waals surface area contributed by atoms with Crippen molar-refractivity contribution in [2.45, 2.75) is 6.54 Å². The lowest BCUT2D eigenvalue weighted by Crippen LogP contribution is -2.28. The Morgan fingerprint density at radius 1 is 1.33 bits per heavy atom. The van der Waals surface area contributed by atoms with Crippen LogP contribution in [-0.2, 0) is 6.54 Å². The molecule has 0 spiro atoms. The van der Waals surface area contributed by atoms with E-state index in [1.165, 1.54) is 0 Å². The predicted octanol–water partition coefficient (Wildman–Crippen LogP) is 1.84. The molecule has 1 aromatic carbocycles. The molecule has 2 rings (SSSR count). The van der Waals surface area contributed by atoms with Crippen LogP contribution in [0.5, 0.6) is 0 Å². The molecular weight excluding hydrogens is 306 g/mol. The Morgan fingerprint density at radius 3 is 2.81 bits per heavy atom. The fourth-order valence-electron chi connectivity index (χ4n) is 1.41. The van der Waals surface area contributed by atoms with Gasteiger partial charge < -0.3 is 10.4 Å². The number of hydrogen-bond donors (Lipinski definition) is 3. The highest BCUT2D eigenvalue weighted by atomic mass is 32.1. The number of anilines is 1. The van der Waals surface area contributed by atoms with Crippen molar-refractivity contribution in [2.75, 3.05) is 5.32 Å². The summed E-state index contributed by atoms with van der Waals surface area (Å²) in [7, 11) is 0. The second kappa shape index (κ2) is 6.22. The van der Waals surface area contributed by atoms with Gasteiger partial charge in [-0.05, 0) is 18.2 Å². The summed E-state index contributed by atoms with van der Waals surface area (Å²) in [5, 5.41) is 16.6. The number of benzene rings is 1. The second-order valence-electron chi connectivity index (χ2n) is 3.80. The molecule has 0 saturated heterocycles. The summed E-state index contributed by atoms with van der Waals surface area (Å²) in [6.45, 7) is -0.260. The van der Waals surface area contributed by atoms with E-state index in [1.54, 1.807) is 0 Å². The number of aromatic nitrogens is 2. The molecule has 110 valence electrons. The molecule has 2 amide bonds. The number of urea groups is 1. The minimum atomic E-state index is -1.34. The lowest BCUT2D eigenvalue weighted by atomic mass is 10.2. The van der Waals surface area contributed by atoms with E-state index in [0.717, 1.165) is 18.2 Å². The molecule has 7 nitrogen and oxygen atoms in total. The maximum Gasteiger partial charge on any atom is 0.359 e. The van der Waals surface area contributed by atoms with Crippen LogP contribution < -0.4 is 10.6 Å². The highest BCUT2D eigenvalue weighted by molar-refractivity contribution is 7.10. The molecule has 0 radical (unpaired) electrons. The molecule has 0 saturated carbocycles. The smallest absolute Gasteiger partial charge is 0.359 e. The molecule has 1 aromatic heterocycles. The quantitative estimate of drug-likeness (QED) is 0.798. The Hall–Kier alpha value is -2.62. The number of hydrogen-bond acceptors (Lipinski definition) is 5. The first-order chi connectivity index (χ1) is 9.97. The Morgan fingerprint density at radius 2 is 2.10 bits per heavy atom. The van der Waals surface area contributed by atoms with Crippen LogP contribution in [0.3, 0.4) is 0 Å². The number of carbonyl (C=O) groups is 2. The van der Waals surface area contributed by atoms with E-state index < -0.39 is 29.3 Å². The van der Waals surface area contributed by atoms with Crippen molar-refractivity contribution in [3.63, 3.8) is 0 Å². The maximum atomic E-state index is 13.3. The Labute approximate surface area is 120 Å². The molecule has 0 aliphatic heterocycles. The van der Waals surface area contributed by atoms with E-state index in [1.807, 2.05) is 0 Å². The molecule has 0 atom stereocenters. The van der Waals surface area contributed by atoms with Crippen LogP contribution in [0, 0.1) is 11.6 Å². The molecule has 0 aliphatic rings. The lowest BCUT2D eigenvalue weighted by molar-refractivity contribution is 0.0691. The van der Waals surface area contributed by atoms with Crippen LogP contribution in [0.25, 0.3) is 0 Å². The number of aromatic carboxylic acids is 1. The summed E-state index contributed by atoms with van der Waals surface area (Å²) in [6, 6.07) is 2.07. The Balaban J connectivity index is 1.98. The number of carboxylic acids is 1. The number of carboxylic acid groups (broad SMARTS) is 1. The van der Waals surface area contributed by atoms with Gasteiger partial charge in [-0.25, -0.2) is 18.4 Å². The molecule has 1 heterocycles. The first kappa shape index (κ1) is 14.8. The number of halogens is 2. The zero-order valence-electron chi connectivity index (χ0n) is 10.3. The van der Waals surface area contributed by atoms with Crippen LogP contribution in [0.1, 0.15) is 16.1 Å². The molecule has 3 N–H and O–H groups in total. The van der Waals surface area contributed by atoms with Crippen molar-refractivity contribution in [3.05, 3.63) is 41.1 Å². The largest absolute Gasteiger partial charge is 0.476 e. The van der Waals surface area contributed by atoms with Crippen LogP contribution in [-0.4, -0.2) is 26.7 Å². The van der Waals surface area contributed by atoms with Crippen molar-refractivity contribution < 1.29 is 23.5 Å². The number of carbonyl (C=O) groups excluding carboxylic acids is 1. The Kier molecular flexibility index (Phi) is 4.38. The third-order valence-corrected chi connectivity index (χ3v) is 3.01. The fraction of sp³-hybridized carbons (Fsp3) is 0.0909. The lowest BCUT2D eigenvalue weighted by Gasteiger charge is -2.07. The van der Waals surface area contributed by atoms with Crippen molar-refractivity contribution in [1.29, 1.82) is 0 Å². The molecule has 0 fully saturated rings. The van der Waals surface area contributed by atoms with E-state index in [2.05, 4.69) is 20.2 Å². The van der Waals surface area contributed by atoms with Gasteiger partial charge in [0.05, 0.1) is 0 Å². The maximum absolute atomic E-state index is 13.3. The average Bonchev–Trinajstić information content (AvgIpc) is 2.88. The summed E-state index contributed by atoms with van der Waals surface area (Å²) < 4.78 is 29.7. The van der Waals surface area contributed by atoms with Crippen molar-refractivity contribution in [1.82, 2.24) is 14.9 Å². The molecule has 2 aromatic rings.